The van der Waals surface area contributed by atoms with Crippen LogP contribution in [0.2, 0.25) is 0 Å². The highest BCUT2D eigenvalue weighted by Gasteiger charge is 2.19. The minimum Gasteiger partial charge on any atom is -0.497 e. The lowest BCUT2D eigenvalue weighted by Crippen LogP contribution is -2.35. The lowest BCUT2D eigenvalue weighted by atomic mass is 10.2. The van der Waals surface area contributed by atoms with Crippen LogP contribution in [0.25, 0.3) is 0 Å². The van der Waals surface area contributed by atoms with E-state index in [9.17, 15) is 19.7 Å². The number of nitrogens with zero attached hydrogens (tertiary/aromatic N) is 1. The number of ether oxygens (including phenoxy) is 2. The van der Waals surface area contributed by atoms with Crippen LogP contribution in [0.1, 0.15) is 22.8 Å². The first-order valence-corrected chi connectivity index (χ1v) is 7.77. The molecule has 8 heteroatoms. The summed E-state index contributed by atoms with van der Waals surface area (Å²) in [4.78, 5) is 34.1. The Morgan fingerprint density at radius 1 is 1.12 bits per heavy atom. The van der Waals surface area contributed by atoms with Crippen molar-refractivity contribution in [3.05, 3.63) is 69.8 Å². The molecule has 1 atom stereocenters. The topological polar surface area (TPSA) is 108 Å². The second-order valence-electron chi connectivity index (χ2n) is 5.42. The van der Waals surface area contributed by atoms with E-state index in [4.69, 9.17) is 9.47 Å². The molecular weight excluding hydrogens is 340 g/mol. The lowest BCUT2D eigenvalue weighted by Gasteiger charge is -2.13. The first-order chi connectivity index (χ1) is 12.4. The van der Waals surface area contributed by atoms with Gasteiger partial charge in [0.2, 0.25) is 0 Å². The molecule has 0 bridgehead atoms. The molecule has 26 heavy (non-hydrogen) atoms. The smallest absolute Gasteiger partial charge is 0.338 e. The number of carbonyl (C=O) groups excluding carboxylic acids is 2. The van der Waals surface area contributed by atoms with Crippen LogP contribution in [0, 0.1) is 10.1 Å². The normalized spacial score (nSPS) is 11.3. The Morgan fingerprint density at radius 3 is 2.27 bits per heavy atom. The van der Waals surface area contributed by atoms with Crippen LogP contribution >= 0.6 is 0 Å². The summed E-state index contributed by atoms with van der Waals surface area (Å²) >= 11 is 0. The van der Waals surface area contributed by atoms with Crippen molar-refractivity contribution in [3.8, 4) is 5.75 Å². The van der Waals surface area contributed by atoms with Gasteiger partial charge in [-0.05, 0) is 36.8 Å². The quantitative estimate of drug-likeness (QED) is 0.463. The second kappa shape index (κ2) is 8.61. The molecule has 136 valence electrons. The van der Waals surface area contributed by atoms with Crippen molar-refractivity contribution in [1.82, 2.24) is 5.32 Å². The van der Waals surface area contributed by atoms with Crippen molar-refractivity contribution >= 4 is 17.6 Å². The molecule has 0 saturated carbocycles. The molecule has 0 aromatic heterocycles. The maximum Gasteiger partial charge on any atom is 0.338 e. The number of benzene rings is 2. The average molecular weight is 358 g/mol. The number of nitro benzene ring substituents is 1. The van der Waals surface area contributed by atoms with E-state index in [0.29, 0.717) is 5.75 Å². The molecule has 2 aromatic rings. The summed E-state index contributed by atoms with van der Waals surface area (Å²) in [6.45, 7) is 1.73. The summed E-state index contributed by atoms with van der Waals surface area (Å²) in [6.07, 6.45) is -1.00. The number of nitro groups is 1. The summed E-state index contributed by atoms with van der Waals surface area (Å²) in [6, 6.07) is 12.1. The Kier molecular flexibility index (Phi) is 6.26. The van der Waals surface area contributed by atoms with Crippen molar-refractivity contribution in [2.75, 3.05) is 7.11 Å². The van der Waals surface area contributed by atoms with Crippen LogP contribution in [0.5, 0.6) is 5.75 Å². The zero-order valence-electron chi connectivity index (χ0n) is 14.3. The molecule has 0 unspecified atom stereocenters. The molecular formula is C18H18N2O6. The van der Waals surface area contributed by atoms with Gasteiger partial charge in [-0.15, -0.1) is 0 Å². The van der Waals surface area contributed by atoms with Crippen molar-refractivity contribution < 1.29 is 24.0 Å². The molecule has 1 N–H and O–H groups in total. The molecule has 0 spiro atoms. The van der Waals surface area contributed by atoms with E-state index in [1.807, 2.05) is 12.1 Å². The molecule has 0 heterocycles. The third-order valence-corrected chi connectivity index (χ3v) is 3.59. The Labute approximate surface area is 149 Å². The summed E-state index contributed by atoms with van der Waals surface area (Å²) < 4.78 is 10.1. The predicted octanol–water partition coefficient (Wildman–Crippen LogP) is 2.47. The Morgan fingerprint density at radius 2 is 1.73 bits per heavy atom. The predicted molar refractivity (Wildman–Crippen MR) is 92.8 cm³/mol. The van der Waals surface area contributed by atoms with Crippen molar-refractivity contribution in [3.63, 3.8) is 0 Å². The van der Waals surface area contributed by atoms with Crippen LogP contribution in [0.4, 0.5) is 5.69 Å². The highest BCUT2D eigenvalue weighted by atomic mass is 16.6. The van der Waals surface area contributed by atoms with Crippen molar-refractivity contribution in [2.24, 2.45) is 0 Å². The number of amides is 1. The van der Waals surface area contributed by atoms with E-state index in [0.717, 1.165) is 5.56 Å². The molecule has 0 aliphatic carbocycles. The summed E-state index contributed by atoms with van der Waals surface area (Å²) in [5.41, 5.74) is 0.866. The van der Waals surface area contributed by atoms with Gasteiger partial charge in [0.1, 0.15) is 5.75 Å². The first kappa shape index (κ1) is 18.9. The fraction of sp³-hybridized carbons (Fsp3) is 0.222. The Hall–Kier alpha value is -3.42. The Balaban J connectivity index is 1.87. The maximum atomic E-state index is 12.0. The minimum atomic E-state index is -1.00. The van der Waals surface area contributed by atoms with Gasteiger partial charge in [0.05, 0.1) is 17.6 Å². The zero-order chi connectivity index (χ0) is 19.1. The van der Waals surface area contributed by atoms with Gasteiger partial charge >= 0.3 is 5.97 Å². The summed E-state index contributed by atoms with van der Waals surface area (Å²) in [7, 11) is 1.57. The third-order valence-electron chi connectivity index (χ3n) is 3.59. The molecule has 0 aliphatic rings. The summed E-state index contributed by atoms with van der Waals surface area (Å²) in [5.74, 6) is -0.464. The largest absolute Gasteiger partial charge is 0.497 e. The number of non-ortho nitro benzene ring substituents is 1. The SMILES string of the molecule is COc1ccc(CNC(=O)[C@H](C)OC(=O)c2ccc([N+](=O)[O-])cc2)cc1. The molecule has 0 aliphatic heterocycles. The highest BCUT2D eigenvalue weighted by molar-refractivity contribution is 5.92. The van der Waals surface area contributed by atoms with Gasteiger partial charge in [0.15, 0.2) is 6.10 Å². The molecule has 2 rings (SSSR count). The van der Waals surface area contributed by atoms with Crippen molar-refractivity contribution in [2.45, 2.75) is 19.6 Å². The van der Waals surface area contributed by atoms with Crippen LogP contribution in [0.3, 0.4) is 0 Å². The second-order valence-corrected chi connectivity index (χ2v) is 5.42. The average Bonchev–Trinajstić information content (AvgIpc) is 2.66. The van der Waals surface area contributed by atoms with E-state index in [2.05, 4.69) is 5.32 Å². The van der Waals surface area contributed by atoms with Crippen LogP contribution in [-0.4, -0.2) is 30.0 Å². The number of rotatable bonds is 7. The van der Waals surface area contributed by atoms with Gasteiger partial charge < -0.3 is 14.8 Å². The number of methoxy groups -OCH3 is 1. The minimum absolute atomic E-state index is 0.130. The van der Waals surface area contributed by atoms with Gasteiger partial charge in [-0.3, -0.25) is 14.9 Å². The van der Waals surface area contributed by atoms with Gasteiger partial charge in [0.25, 0.3) is 11.6 Å². The summed E-state index contributed by atoms with van der Waals surface area (Å²) in [5, 5.41) is 13.3. The first-order valence-electron chi connectivity index (χ1n) is 7.77. The van der Waals surface area contributed by atoms with Gasteiger partial charge in [-0.2, -0.15) is 0 Å². The van der Waals surface area contributed by atoms with E-state index in [1.54, 1.807) is 19.2 Å². The molecule has 0 fully saturated rings. The number of hydrogen-bond acceptors (Lipinski definition) is 6. The Bertz CT molecular complexity index is 786. The van der Waals surface area contributed by atoms with Gasteiger partial charge in [0, 0.05) is 18.7 Å². The van der Waals surface area contributed by atoms with Crippen molar-refractivity contribution in [1.29, 1.82) is 0 Å². The van der Waals surface area contributed by atoms with E-state index in [1.165, 1.54) is 31.2 Å². The molecule has 0 saturated heterocycles. The zero-order valence-corrected chi connectivity index (χ0v) is 14.3. The van der Waals surface area contributed by atoms with Crippen LogP contribution < -0.4 is 10.1 Å². The molecule has 0 radical (unpaired) electrons. The number of nitrogens with one attached hydrogen (secondary N) is 1. The third kappa shape index (κ3) is 5.04. The molecule has 2 aromatic carbocycles. The molecule has 8 nitrogen and oxygen atoms in total. The van der Waals surface area contributed by atoms with Crippen LogP contribution in [-0.2, 0) is 16.1 Å². The fourth-order valence-electron chi connectivity index (χ4n) is 2.08. The molecule has 1 amide bonds. The standard InChI is InChI=1S/C18H18N2O6/c1-12(17(21)19-11-13-3-9-16(25-2)10-4-13)26-18(22)14-5-7-15(8-6-14)20(23)24/h3-10,12H,11H2,1-2H3,(H,19,21)/t12-/m0/s1. The van der Waals surface area contributed by atoms with Gasteiger partial charge in [-0.1, -0.05) is 12.1 Å². The van der Waals surface area contributed by atoms with E-state index >= 15 is 0 Å². The van der Waals surface area contributed by atoms with Gasteiger partial charge in [-0.25, -0.2) is 4.79 Å². The lowest BCUT2D eigenvalue weighted by molar-refractivity contribution is -0.384. The fourth-order valence-corrected chi connectivity index (χ4v) is 2.08. The highest BCUT2D eigenvalue weighted by Crippen LogP contribution is 2.14. The number of carbonyl (C=O) groups is 2. The monoisotopic (exact) mass is 358 g/mol. The number of esters is 1. The number of hydrogen-bond donors (Lipinski definition) is 1. The van der Waals surface area contributed by atoms with E-state index in [-0.39, 0.29) is 17.8 Å². The van der Waals surface area contributed by atoms with Crippen LogP contribution in [0.15, 0.2) is 48.5 Å². The maximum absolute atomic E-state index is 12.0. The van der Waals surface area contributed by atoms with E-state index < -0.39 is 22.9 Å².